The molecule has 0 unspecified atom stereocenters. The van der Waals surface area contributed by atoms with Gasteiger partial charge in [-0.05, 0) is 51.0 Å². The minimum absolute atomic E-state index is 0.00690. The van der Waals surface area contributed by atoms with Crippen LogP contribution in [0.5, 0.6) is 0 Å². The van der Waals surface area contributed by atoms with Crippen molar-refractivity contribution in [3.8, 4) is 0 Å². The van der Waals surface area contributed by atoms with Gasteiger partial charge in [0.05, 0.1) is 18.9 Å². The molecule has 0 bridgehead atoms. The molecule has 3 rings (SSSR count). The van der Waals surface area contributed by atoms with Gasteiger partial charge in [-0.2, -0.15) is 0 Å². The number of carboxylic acids is 1. The molecule has 0 aliphatic carbocycles. The number of carboxylic acid groups (broad SMARTS) is 1. The Morgan fingerprint density at radius 3 is 2.08 bits per heavy atom. The number of imidazole rings is 1. The number of hydrogen-bond acceptors (Lipinski definition) is 11. The Hall–Kier alpha value is -6.58. The Bertz CT molecular complexity index is 1860. The molecule has 1 saturated heterocycles. The first-order chi connectivity index (χ1) is 28.9. The first-order valence-corrected chi connectivity index (χ1v) is 20.0. The zero-order chi connectivity index (χ0) is 45.2. The number of rotatable bonds is 23. The molecule has 1 aliphatic rings. The van der Waals surface area contributed by atoms with E-state index in [0.29, 0.717) is 24.1 Å². The summed E-state index contributed by atoms with van der Waals surface area (Å²) >= 11 is 0. The van der Waals surface area contributed by atoms with Gasteiger partial charge in [0, 0.05) is 37.8 Å². The van der Waals surface area contributed by atoms with Crippen molar-refractivity contribution >= 4 is 53.3 Å². The lowest BCUT2D eigenvalue weighted by Crippen LogP contribution is -2.58. The summed E-state index contributed by atoms with van der Waals surface area (Å²) in [4.78, 5) is 116. The molecule has 1 fully saturated rings. The molecule has 22 heteroatoms. The van der Waals surface area contributed by atoms with E-state index in [-0.39, 0.29) is 50.7 Å². The van der Waals surface area contributed by atoms with E-state index in [0.717, 1.165) is 0 Å². The Labute approximate surface area is 353 Å². The van der Waals surface area contributed by atoms with Crippen LogP contribution in [-0.4, -0.2) is 135 Å². The smallest absolute Gasteiger partial charge is 0.326 e. The number of nitrogens with one attached hydrogen (secondary N) is 7. The Balaban J connectivity index is 1.62. The third-order valence-corrected chi connectivity index (χ3v) is 9.90. The quantitative estimate of drug-likeness (QED) is 0.0300. The van der Waals surface area contributed by atoms with Crippen LogP contribution in [0.15, 0.2) is 47.8 Å². The van der Waals surface area contributed by atoms with E-state index in [9.17, 15) is 43.5 Å². The zero-order valence-electron chi connectivity index (χ0n) is 34.8. The SMILES string of the molecule is CC(C)[C@H](N)C(=O)N[C@@H](CCCN=C(N)N)C(=O)NCC(=O)N1CCC[C@H]1C(=O)N[C@@H](C)C(=O)N[C@@H](Cc1ccccc1)C(=O)N[C@@H](C)C(=O)N[C@@H](Cc1cnc[nH]1)C(=O)O. The number of aliphatic carboxylic acids is 1. The summed E-state index contributed by atoms with van der Waals surface area (Å²) in [5.74, 6) is -6.28. The number of carbonyl (C=O) groups is 8. The van der Waals surface area contributed by atoms with Crippen molar-refractivity contribution in [3.63, 3.8) is 0 Å². The second-order valence-corrected chi connectivity index (χ2v) is 15.1. The lowest BCUT2D eigenvalue weighted by atomic mass is 10.0. The van der Waals surface area contributed by atoms with Gasteiger partial charge in [-0.3, -0.25) is 38.6 Å². The molecule has 0 spiro atoms. The average Bonchev–Trinajstić information content (AvgIpc) is 3.93. The first-order valence-electron chi connectivity index (χ1n) is 20.0. The second kappa shape index (κ2) is 23.9. The Morgan fingerprint density at radius 1 is 0.836 bits per heavy atom. The van der Waals surface area contributed by atoms with Gasteiger partial charge >= 0.3 is 5.97 Å². The molecule has 1 aromatic heterocycles. The van der Waals surface area contributed by atoms with Gasteiger partial charge in [0.15, 0.2) is 5.96 Å². The van der Waals surface area contributed by atoms with Gasteiger partial charge in [-0.25, -0.2) is 9.78 Å². The number of aromatic nitrogens is 2. The number of nitrogens with two attached hydrogens (primary N) is 3. The van der Waals surface area contributed by atoms with E-state index < -0.39 is 96.2 Å². The summed E-state index contributed by atoms with van der Waals surface area (Å²) in [5, 5.41) is 25.0. The summed E-state index contributed by atoms with van der Waals surface area (Å²) in [6, 6.07) is 0.910. The van der Waals surface area contributed by atoms with E-state index in [4.69, 9.17) is 17.2 Å². The molecule has 22 nitrogen and oxygen atoms in total. The van der Waals surface area contributed by atoms with Crippen LogP contribution >= 0.6 is 0 Å². The van der Waals surface area contributed by atoms with Crippen LogP contribution in [0.3, 0.4) is 0 Å². The van der Waals surface area contributed by atoms with Crippen LogP contribution in [-0.2, 0) is 51.2 Å². The first kappa shape index (κ1) is 48.8. The van der Waals surface area contributed by atoms with Crippen molar-refractivity contribution in [1.82, 2.24) is 46.8 Å². The fraction of sp³-hybridized carbons (Fsp3) is 0.538. The lowest BCUT2D eigenvalue weighted by Gasteiger charge is -2.27. The molecule has 0 saturated carbocycles. The van der Waals surface area contributed by atoms with E-state index in [1.807, 2.05) is 0 Å². The van der Waals surface area contributed by atoms with Gasteiger partial charge in [-0.1, -0.05) is 44.2 Å². The molecule has 1 aromatic carbocycles. The van der Waals surface area contributed by atoms with Gasteiger partial charge in [0.2, 0.25) is 41.4 Å². The number of aliphatic imine (C=N–C) groups is 1. The third-order valence-electron chi connectivity index (χ3n) is 9.90. The summed E-state index contributed by atoms with van der Waals surface area (Å²) in [6.45, 7) is 6.20. The summed E-state index contributed by atoms with van der Waals surface area (Å²) in [7, 11) is 0. The maximum Gasteiger partial charge on any atom is 0.326 e. The molecule has 14 N–H and O–H groups in total. The molecule has 7 amide bonds. The number of guanidine groups is 1. The molecule has 0 radical (unpaired) electrons. The monoisotopic (exact) mass is 853 g/mol. The highest BCUT2D eigenvalue weighted by molar-refractivity contribution is 5.97. The number of hydrogen-bond donors (Lipinski definition) is 11. The van der Waals surface area contributed by atoms with Gasteiger partial charge in [-0.15, -0.1) is 0 Å². The number of carbonyl (C=O) groups excluding carboxylic acids is 7. The van der Waals surface area contributed by atoms with Crippen molar-refractivity contribution in [1.29, 1.82) is 0 Å². The highest BCUT2D eigenvalue weighted by Crippen LogP contribution is 2.18. The standard InChI is InChI=1S/C39H59N13O9/c1-21(2)31(40)37(59)49-26(12-8-14-44-39(41)42)34(56)45-19-30(53)52-15-9-13-29(52)36(58)48-23(4)32(54)50-27(16-24-10-6-5-7-11-24)35(57)47-22(3)33(55)51-28(38(60)61)17-25-18-43-20-46-25/h5-7,10-11,18,20-23,26-29,31H,8-9,12-17,19,40H2,1-4H3,(H,43,46)(H,45,56)(H,47,57)(H,48,58)(H,49,59)(H,50,54)(H,51,55)(H,60,61)(H4,41,42,44)/t22-,23-,26-,27-,28-,29-,31-/m0/s1. The molecular weight excluding hydrogens is 795 g/mol. The van der Waals surface area contributed by atoms with Gasteiger partial charge < -0.3 is 64.1 Å². The van der Waals surface area contributed by atoms with Crippen LogP contribution < -0.4 is 49.1 Å². The number of H-pyrrole nitrogens is 1. The van der Waals surface area contributed by atoms with Crippen molar-refractivity contribution in [2.75, 3.05) is 19.6 Å². The molecule has 2 heterocycles. The largest absolute Gasteiger partial charge is 0.480 e. The molecule has 2 aromatic rings. The highest BCUT2D eigenvalue weighted by Gasteiger charge is 2.36. The number of likely N-dealkylation sites (tertiary alicyclic amines) is 1. The summed E-state index contributed by atoms with van der Waals surface area (Å²) in [5.41, 5.74) is 17.9. The normalized spacial score (nSPS) is 16.4. The molecule has 1 aliphatic heterocycles. The van der Waals surface area contributed by atoms with Crippen molar-refractivity contribution < 1.29 is 43.5 Å². The predicted octanol–water partition coefficient (Wildman–Crippen LogP) is -3.11. The lowest BCUT2D eigenvalue weighted by molar-refractivity contribution is -0.142. The van der Waals surface area contributed by atoms with Crippen LogP contribution in [0.25, 0.3) is 0 Å². The predicted molar refractivity (Wildman–Crippen MR) is 222 cm³/mol. The summed E-state index contributed by atoms with van der Waals surface area (Å²) in [6.07, 6.45) is 3.94. The zero-order valence-corrected chi connectivity index (χ0v) is 34.8. The minimum Gasteiger partial charge on any atom is -0.480 e. The minimum atomic E-state index is -1.32. The third kappa shape index (κ3) is 15.8. The maximum atomic E-state index is 13.6. The van der Waals surface area contributed by atoms with Crippen LogP contribution in [0.4, 0.5) is 0 Å². The molecule has 7 atom stereocenters. The fourth-order valence-corrected chi connectivity index (χ4v) is 6.29. The van der Waals surface area contributed by atoms with E-state index >= 15 is 0 Å². The fourth-order valence-electron chi connectivity index (χ4n) is 6.29. The van der Waals surface area contributed by atoms with Crippen LogP contribution in [0.2, 0.25) is 0 Å². The summed E-state index contributed by atoms with van der Waals surface area (Å²) < 4.78 is 0. The van der Waals surface area contributed by atoms with Crippen LogP contribution in [0, 0.1) is 5.92 Å². The molecular formula is C39H59N13O9. The van der Waals surface area contributed by atoms with Gasteiger partial charge in [0.25, 0.3) is 0 Å². The number of aromatic amines is 1. The van der Waals surface area contributed by atoms with Gasteiger partial charge in [0.1, 0.15) is 36.3 Å². The Morgan fingerprint density at radius 2 is 1.48 bits per heavy atom. The van der Waals surface area contributed by atoms with E-state index in [1.54, 1.807) is 44.2 Å². The van der Waals surface area contributed by atoms with Crippen LogP contribution in [0.1, 0.15) is 64.6 Å². The van der Waals surface area contributed by atoms with E-state index in [1.165, 1.54) is 31.3 Å². The second-order valence-electron chi connectivity index (χ2n) is 15.1. The van der Waals surface area contributed by atoms with Crippen molar-refractivity contribution in [2.45, 2.75) is 109 Å². The number of amides is 7. The number of benzene rings is 1. The highest BCUT2D eigenvalue weighted by atomic mass is 16.4. The molecule has 334 valence electrons. The van der Waals surface area contributed by atoms with E-state index in [2.05, 4.69) is 46.9 Å². The molecule has 61 heavy (non-hydrogen) atoms. The topological polar surface area (TPSA) is 351 Å². The van der Waals surface area contributed by atoms with Crippen molar-refractivity contribution in [2.24, 2.45) is 28.1 Å². The Kier molecular flexibility index (Phi) is 19.1. The maximum absolute atomic E-state index is 13.6. The number of nitrogens with zero attached hydrogens (tertiary/aromatic N) is 3. The average molecular weight is 854 g/mol. The van der Waals surface area contributed by atoms with Crippen molar-refractivity contribution in [3.05, 3.63) is 54.1 Å².